The van der Waals surface area contributed by atoms with Gasteiger partial charge in [0.1, 0.15) is 19.0 Å². The molecule has 0 radical (unpaired) electrons. The van der Waals surface area contributed by atoms with Crippen LogP contribution in [0.2, 0.25) is 0 Å². The first kappa shape index (κ1) is 17.3. The van der Waals surface area contributed by atoms with Gasteiger partial charge in [0.05, 0.1) is 4.88 Å². The molecule has 2 aromatic carbocycles. The molecule has 8 heteroatoms. The zero-order chi connectivity index (χ0) is 19.0. The fourth-order valence-electron chi connectivity index (χ4n) is 2.90. The van der Waals surface area contributed by atoms with Crippen LogP contribution in [-0.2, 0) is 0 Å². The molecule has 0 unspecified atom stereocenters. The summed E-state index contributed by atoms with van der Waals surface area (Å²) in [7, 11) is 0. The molecule has 2 amide bonds. The number of thiophene rings is 1. The SMILES string of the molecule is Cc1c(C(=O)NNC(=O)c2ccc3c(c2)OCCO3)sc2cccc(F)c12. The molecular weight excluding hydrogens is 371 g/mol. The molecule has 3 aromatic rings. The number of benzene rings is 2. The van der Waals surface area contributed by atoms with E-state index in [-0.39, 0.29) is 5.82 Å². The van der Waals surface area contributed by atoms with Gasteiger partial charge in [-0.3, -0.25) is 20.4 Å². The van der Waals surface area contributed by atoms with Crippen LogP contribution in [0.15, 0.2) is 36.4 Å². The molecule has 27 heavy (non-hydrogen) atoms. The molecule has 4 rings (SSSR count). The fraction of sp³-hybridized carbons (Fsp3) is 0.158. The van der Waals surface area contributed by atoms with Crippen LogP contribution in [-0.4, -0.2) is 25.0 Å². The van der Waals surface area contributed by atoms with Crippen molar-refractivity contribution in [1.29, 1.82) is 0 Å². The van der Waals surface area contributed by atoms with Gasteiger partial charge in [0.25, 0.3) is 11.8 Å². The lowest BCUT2D eigenvalue weighted by molar-refractivity contribution is 0.0848. The van der Waals surface area contributed by atoms with Crippen molar-refractivity contribution in [3.8, 4) is 11.5 Å². The van der Waals surface area contributed by atoms with Crippen LogP contribution in [0.3, 0.4) is 0 Å². The van der Waals surface area contributed by atoms with Crippen LogP contribution in [0.1, 0.15) is 25.6 Å². The minimum absolute atomic E-state index is 0.318. The van der Waals surface area contributed by atoms with Gasteiger partial charge in [-0.05, 0) is 42.8 Å². The third kappa shape index (κ3) is 3.19. The number of hydrogen-bond donors (Lipinski definition) is 2. The van der Waals surface area contributed by atoms with Gasteiger partial charge >= 0.3 is 0 Å². The van der Waals surface area contributed by atoms with E-state index in [0.29, 0.717) is 50.8 Å². The third-order valence-electron chi connectivity index (χ3n) is 4.20. The standard InChI is InChI=1S/C19H15FN2O4S/c1-10-16-12(20)3-2-4-15(16)27-17(10)19(24)22-21-18(23)11-5-6-13-14(9-11)26-8-7-25-13/h2-6,9H,7-8H2,1H3,(H,21,23)(H,22,24). The van der Waals surface area contributed by atoms with Crippen molar-refractivity contribution in [3.05, 3.63) is 58.2 Å². The van der Waals surface area contributed by atoms with E-state index in [1.54, 1.807) is 37.3 Å². The number of nitrogens with one attached hydrogen (secondary N) is 2. The molecule has 0 saturated heterocycles. The Morgan fingerprint density at radius 2 is 1.78 bits per heavy atom. The van der Waals surface area contributed by atoms with Gasteiger partial charge in [0, 0.05) is 15.6 Å². The minimum atomic E-state index is -0.501. The first-order valence-corrected chi connectivity index (χ1v) is 9.04. The summed E-state index contributed by atoms with van der Waals surface area (Å²) in [6.45, 7) is 2.56. The monoisotopic (exact) mass is 386 g/mol. The first-order valence-electron chi connectivity index (χ1n) is 8.22. The van der Waals surface area contributed by atoms with Crippen molar-refractivity contribution in [3.63, 3.8) is 0 Å². The van der Waals surface area contributed by atoms with Crippen molar-refractivity contribution in [2.75, 3.05) is 13.2 Å². The summed E-state index contributed by atoms with van der Waals surface area (Å²) in [4.78, 5) is 25.1. The molecule has 6 nitrogen and oxygen atoms in total. The molecule has 1 aliphatic heterocycles. The van der Waals surface area contributed by atoms with Gasteiger partial charge in [0.15, 0.2) is 11.5 Å². The summed E-state index contributed by atoms with van der Waals surface area (Å²) in [6.07, 6.45) is 0. The normalized spacial score (nSPS) is 12.7. The third-order valence-corrected chi connectivity index (χ3v) is 5.46. The maximum absolute atomic E-state index is 14.0. The Balaban J connectivity index is 1.49. The lowest BCUT2D eigenvalue weighted by atomic mass is 10.1. The molecule has 2 heterocycles. The van der Waals surface area contributed by atoms with E-state index in [1.165, 1.54) is 17.4 Å². The fourth-order valence-corrected chi connectivity index (χ4v) is 4.02. The average Bonchev–Trinajstić information content (AvgIpc) is 3.03. The topological polar surface area (TPSA) is 76.7 Å². The molecule has 1 aromatic heterocycles. The Bertz CT molecular complexity index is 1060. The molecule has 0 spiro atoms. The second kappa shape index (κ2) is 6.88. The molecule has 0 atom stereocenters. The summed E-state index contributed by atoms with van der Waals surface area (Å²) in [5, 5.41) is 0.422. The predicted molar refractivity (Wildman–Crippen MR) is 98.9 cm³/mol. The number of carbonyl (C=O) groups excluding carboxylic acids is 2. The van der Waals surface area contributed by atoms with E-state index >= 15 is 0 Å². The molecule has 138 valence electrons. The van der Waals surface area contributed by atoms with Crippen molar-refractivity contribution in [2.24, 2.45) is 0 Å². The van der Waals surface area contributed by atoms with E-state index in [1.807, 2.05) is 0 Å². The Morgan fingerprint density at radius 3 is 2.56 bits per heavy atom. The van der Waals surface area contributed by atoms with E-state index < -0.39 is 11.8 Å². The number of halogens is 1. The van der Waals surface area contributed by atoms with E-state index in [2.05, 4.69) is 10.9 Å². The predicted octanol–water partition coefficient (Wildman–Crippen LogP) is 3.19. The van der Waals surface area contributed by atoms with Crippen LogP contribution in [0.5, 0.6) is 11.5 Å². The molecule has 0 aliphatic carbocycles. The van der Waals surface area contributed by atoms with Gasteiger partial charge in [-0.2, -0.15) is 0 Å². The summed E-state index contributed by atoms with van der Waals surface area (Å²) in [6, 6.07) is 9.47. The van der Waals surface area contributed by atoms with Crippen LogP contribution < -0.4 is 20.3 Å². The second-order valence-corrected chi connectivity index (χ2v) is 6.99. The van der Waals surface area contributed by atoms with Crippen molar-refractivity contribution in [2.45, 2.75) is 6.92 Å². The maximum atomic E-state index is 14.0. The van der Waals surface area contributed by atoms with Gasteiger partial charge < -0.3 is 9.47 Å². The highest BCUT2D eigenvalue weighted by molar-refractivity contribution is 7.21. The summed E-state index contributed by atoms with van der Waals surface area (Å²) >= 11 is 1.17. The molecule has 2 N–H and O–H groups in total. The van der Waals surface area contributed by atoms with Crippen molar-refractivity contribution >= 4 is 33.2 Å². The number of amides is 2. The number of hydrogen-bond acceptors (Lipinski definition) is 5. The number of fused-ring (bicyclic) bond motifs is 2. The van der Waals surface area contributed by atoms with Gasteiger partial charge in [-0.15, -0.1) is 11.3 Å². The number of ether oxygens (including phenoxy) is 2. The van der Waals surface area contributed by atoms with E-state index in [9.17, 15) is 14.0 Å². The van der Waals surface area contributed by atoms with Crippen LogP contribution >= 0.6 is 11.3 Å². The highest BCUT2D eigenvalue weighted by Crippen LogP contribution is 2.32. The summed E-state index contributed by atoms with van der Waals surface area (Å²) in [5.74, 6) is -0.314. The van der Waals surface area contributed by atoms with Crippen molar-refractivity contribution in [1.82, 2.24) is 10.9 Å². The molecule has 0 fully saturated rings. The van der Waals surface area contributed by atoms with Gasteiger partial charge in [-0.1, -0.05) is 6.07 Å². The van der Waals surface area contributed by atoms with Crippen molar-refractivity contribution < 1.29 is 23.5 Å². The molecule has 0 saturated carbocycles. The van der Waals surface area contributed by atoms with Crippen LogP contribution in [0.4, 0.5) is 4.39 Å². The Kier molecular flexibility index (Phi) is 4.41. The maximum Gasteiger partial charge on any atom is 0.280 e. The van der Waals surface area contributed by atoms with Crippen LogP contribution in [0.25, 0.3) is 10.1 Å². The molecule has 1 aliphatic rings. The minimum Gasteiger partial charge on any atom is -0.486 e. The zero-order valence-electron chi connectivity index (χ0n) is 14.3. The molecule has 0 bridgehead atoms. The van der Waals surface area contributed by atoms with Gasteiger partial charge in [0.2, 0.25) is 0 Å². The molecular formula is C19H15FN2O4S. The quantitative estimate of drug-likeness (QED) is 0.663. The summed E-state index contributed by atoms with van der Waals surface area (Å²) in [5.41, 5.74) is 5.60. The first-order chi connectivity index (χ1) is 13.0. The number of rotatable bonds is 2. The van der Waals surface area contributed by atoms with E-state index in [0.717, 1.165) is 0 Å². The second-order valence-electron chi connectivity index (χ2n) is 5.94. The Hall–Kier alpha value is -3.13. The zero-order valence-corrected chi connectivity index (χ0v) is 15.1. The van der Waals surface area contributed by atoms with E-state index in [4.69, 9.17) is 9.47 Å². The van der Waals surface area contributed by atoms with Crippen LogP contribution in [0, 0.1) is 12.7 Å². The highest BCUT2D eigenvalue weighted by atomic mass is 32.1. The largest absolute Gasteiger partial charge is 0.486 e. The number of carbonyl (C=O) groups is 2. The average molecular weight is 386 g/mol. The lowest BCUT2D eigenvalue weighted by Gasteiger charge is -2.18. The smallest absolute Gasteiger partial charge is 0.280 e. The number of aryl methyl sites for hydroxylation is 1. The Labute approximate surface area is 157 Å². The Morgan fingerprint density at radius 1 is 1.04 bits per heavy atom. The lowest BCUT2D eigenvalue weighted by Crippen LogP contribution is -2.41. The number of hydrazine groups is 1. The highest BCUT2D eigenvalue weighted by Gasteiger charge is 2.19. The van der Waals surface area contributed by atoms with Gasteiger partial charge in [-0.25, -0.2) is 4.39 Å². The summed E-state index contributed by atoms with van der Waals surface area (Å²) < 4.78 is 25.5.